The Balaban J connectivity index is 1.24. The molecule has 1 saturated heterocycles. The van der Waals surface area contributed by atoms with Gasteiger partial charge in [0.05, 0.1) is 36.2 Å². The highest BCUT2D eigenvalue weighted by Crippen LogP contribution is 2.28. The van der Waals surface area contributed by atoms with E-state index in [1.54, 1.807) is 12.1 Å². The number of sulfonamides is 1. The number of hydrogen-bond donors (Lipinski definition) is 2. The Morgan fingerprint density at radius 1 is 1.09 bits per heavy atom. The summed E-state index contributed by atoms with van der Waals surface area (Å²) in [5.41, 5.74) is 0.117. The number of nitrogens with zero attached hydrogens (tertiary/aromatic N) is 4. The average Bonchev–Trinajstić information content (AvgIpc) is 3.83. The lowest BCUT2D eigenvalue weighted by atomic mass is 9.99. The second-order valence-corrected chi connectivity index (χ2v) is 15.9. The molecular weight excluding hydrogens is 784 g/mol. The smallest absolute Gasteiger partial charge is 0.344 e. The number of anilines is 1. The number of nitrogens with one attached hydrogen (secondary N) is 1. The zero-order chi connectivity index (χ0) is 40.2. The molecule has 3 aromatic rings. The maximum absolute atomic E-state index is 13.1. The number of rotatable bonds is 20. The summed E-state index contributed by atoms with van der Waals surface area (Å²) in [6.45, 7) is 5.94. The number of furan rings is 1. The SMILES string of the molecule is CN(CC(=O)OCC(=O)O[C@@H](CNC(C)(C)C)COc1nsnc1N1CCOCC1)C(=O)COCC(=O)c1cc(S(N)(=O)=O)c(Cl)cc1CCc1ccco1. The quantitative estimate of drug-likeness (QED) is 0.122. The Labute approximate surface area is 327 Å². The molecule has 1 atom stereocenters. The second-order valence-electron chi connectivity index (χ2n) is 13.4. The molecule has 1 aliphatic rings. The maximum atomic E-state index is 13.1. The lowest BCUT2D eigenvalue weighted by molar-refractivity contribution is -0.164. The molecule has 3 N–H and O–H groups in total. The Bertz CT molecular complexity index is 1880. The number of halogens is 1. The molecule has 55 heavy (non-hydrogen) atoms. The minimum absolute atomic E-state index is 0.00267. The molecule has 0 spiro atoms. The molecule has 1 aromatic carbocycles. The highest BCUT2D eigenvalue weighted by molar-refractivity contribution is 7.89. The van der Waals surface area contributed by atoms with E-state index in [1.165, 1.54) is 19.4 Å². The summed E-state index contributed by atoms with van der Waals surface area (Å²) >= 11 is 7.17. The van der Waals surface area contributed by atoms with Crippen LogP contribution in [-0.2, 0) is 56.2 Å². The highest BCUT2D eigenvalue weighted by atomic mass is 35.5. The van der Waals surface area contributed by atoms with Crippen molar-refractivity contribution in [3.8, 4) is 5.88 Å². The molecular formula is C34H45ClN6O12S2. The van der Waals surface area contributed by atoms with Gasteiger partial charge in [0, 0.05) is 44.2 Å². The van der Waals surface area contributed by atoms with Gasteiger partial charge in [-0.15, -0.1) is 4.37 Å². The number of esters is 2. The van der Waals surface area contributed by atoms with Crippen molar-refractivity contribution in [3.05, 3.63) is 52.4 Å². The number of Topliss-reactive ketones (excluding diaryl/α,β-unsaturated/α-hetero) is 1. The van der Waals surface area contributed by atoms with Gasteiger partial charge in [0.15, 0.2) is 12.4 Å². The van der Waals surface area contributed by atoms with Crippen LogP contribution in [0.2, 0.25) is 5.02 Å². The van der Waals surface area contributed by atoms with E-state index < -0.39 is 71.0 Å². The predicted octanol–water partition coefficient (Wildman–Crippen LogP) is 1.63. The number of aromatic nitrogens is 2. The van der Waals surface area contributed by atoms with Crippen LogP contribution in [0, 0.1) is 0 Å². The van der Waals surface area contributed by atoms with Crippen molar-refractivity contribution in [1.29, 1.82) is 0 Å². The first-order chi connectivity index (χ1) is 26.0. The molecule has 0 bridgehead atoms. The van der Waals surface area contributed by atoms with Gasteiger partial charge in [-0.05, 0) is 57.0 Å². The number of morpholine rings is 1. The molecule has 0 radical (unpaired) electrons. The number of likely N-dealkylation sites (N-methyl/N-ethyl adjacent to an activating group) is 1. The molecule has 0 unspecified atom stereocenters. The fourth-order valence-corrected chi connectivity index (χ4v) is 6.70. The van der Waals surface area contributed by atoms with Gasteiger partial charge in [0.1, 0.15) is 43.1 Å². The van der Waals surface area contributed by atoms with E-state index in [1.807, 2.05) is 25.7 Å². The summed E-state index contributed by atoms with van der Waals surface area (Å²) in [5.74, 6) is -1.52. The van der Waals surface area contributed by atoms with E-state index in [-0.39, 0.29) is 35.7 Å². The van der Waals surface area contributed by atoms with E-state index >= 15 is 0 Å². The van der Waals surface area contributed by atoms with Crippen LogP contribution >= 0.6 is 23.3 Å². The van der Waals surface area contributed by atoms with E-state index in [4.69, 9.17) is 44.8 Å². The zero-order valence-electron chi connectivity index (χ0n) is 30.9. The van der Waals surface area contributed by atoms with Crippen molar-refractivity contribution in [1.82, 2.24) is 19.0 Å². The third-order valence-electron chi connectivity index (χ3n) is 7.90. The number of primary sulfonamides is 1. The summed E-state index contributed by atoms with van der Waals surface area (Å²) in [5, 5.41) is 8.39. The van der Waals surface area contributed by atoms with Crippen LogP contribution in [0.5, 0.6) is 5.88 Å². The van der Waals surface area contributed by atoms with Gasteiger partial charge in [-0.3, -0.25) is 14.4 Å². The number of amides is 1. The Morgan fingerprint density at radius 2 is 1.84 bits per heavy atom. The van der Waals surface area contributed by atoms with Gasteiger partial charge in [-0.1, -0.05) is 11.6 Å². The molecule has 21 heteroatoms. The number of ketones is 1. The van der Waals surface area contributed by atoms with Crippen molar-refractivity contribution in [2.45, 2.75) is 50.2 Å². The van der Waals surface area contributed by atoms with Gasteiger partial charge < -0.3 is 43.2 Å². The first kappa shape index (κ1) is 43.5. The molecule has 1 aliphatic heterocycles. The van der Waals surface area contributed by atoms with E-state index in [9.17, 15) is 27.6 Å². The molecule has 0 saturated carbocycles. The lowest BCUT2D eigenvalue weighted by Crippen LogP contribution is -2.44. The van der Waals surface area contributed by atoms with Crippen LogP contribution in [0.1, 0.15) is 42.5 Å². The maximum Gasteiger partial charge on any atom is 0.344 e. The fraction of sp³-hybridized carbons (Fsp3) is 0.529. The van der Waals surface area contributed by atoms with E-state index in [2.05, 4.69) is 14.1 Å². The van der Waals surface area contributed by atoms with Crippen LogP contribution in [0.25, 0.3) is 0 Å². The summed E-state index contributed by atoms with van der Waals surface area (Å²) < 4.78 is 65.3. The third-order valence-corrected chi connectivity index (χ3v) is 9.78. The van der Waals surface area contributed by atoms with Crippen molar-refractivity contribution in [3.63, 3.8) is 0 Å². The second kappa shape index (κ2) is 20.1. The van der Waals surface area contributed by atoms with Crippen LogP contribution in [0.3, 0.4) is 0 Å². The molecule has 2 aromatic heterocycles. The number of benzene rings is 1. The van der Waals surface area contributed by atoms with Gasteiger partial charge >= 0.3 is 11.9 Å². The largest absolute Gasteiger partial charge is 0.470 e. The summed E-state index contributed by atoms with van der Waals surface area (Å²) in [6.07, 6.45) is 1.39. The normalized spacial score (nSPS) is 14.0. The standard InChI is InChI=1S/C34H45ClN6O12S2/c1-34(2,3)37-16-24(18-52-33-32(38-54-39-33)41-9-12-48-13-10-41)53-31(45)21-51-30(44)17-40(4)29(43)20-49-19-27(42)25-15-28(55(36,46)47)26(35)14-22(25)7-8-23-6-5-11-50-23/h5-6,11,14-15,24,37H,7-10,12-13,16-21H2,1-4H3,(H2,36,46,47)/t24-/m0/s1. The van der Waals surface area contributed by atoms with Crippen molar-refractivity contribution in [2.75, 3.05) is 77.8 Å². The Morgan fingerprint density at radius 3 is 2.51 bits per heavy atom. The third kappa shape index (κ3) is 14.1. The summed E-state index contributed by atoms with van der Waals surface area (Å²) in [6, 6.07) is 5.88. The number of nitrogens with two attached hydrogens (primary N) is 1. The van der Waals surface area contributed by atoms with Crippen LogP contribution in [0.4, 0.5) is 5.82 Å². The van der Waals surface area contributed by atoms with Crippen molar-refractivity contribution in [2.24, 2.45) is 5.14 Å². The van der Waals surface area contributed by atoms with Crippen LogP contribution in [0.15, 0.2) is 39.8 Å². The fourth-order valence-electron chi connectivity index (χ4n) is 5.06. The van der Waals surface area contributed by atoms with Gasteiger partial charge in [-0.2, -0.15) is 4.37 Å². The first-order valence-electron chi connectivity index (χ1n) is 17.1. The zero-order valence-corrected chi connectivity index (χ0v) is 33.3. The molecule has 1 fully saturated rings. The number of aryl methyl sites for hydroxylation is 2. The van der Waals surface area contributed by atoms with Crippen LogP contribution in [-0.4, -0.2) is 130 Å². The number of ether oxygens (including phenoxy) is 5. The van der Waals surface area contributed by atoms with E-state index in [0.717, 1.165) is 22.7 Å². The summed E-state index contributed by atoms with van der Waals surface area (Å²) in [4.78, 5) is 53.6. The van der Waals surface area contributed by atoms with Crippen molar-refractivity contribution < 1.29 is 55.7 Å². The monoisotopic (exact) mass is 828 g/mol. The molecule has 302 valence electrons. The minimum Gasteiger partial charge on any atom is -0.470 e. The van der Waals surface area contributed by atoms with Crippen LogP contribution < -0.4 is 20.1 Å². The lowest BCUT2D eigenvalue weighted by Gasteiger charge is -2.27. The predicted molar refractivity (Wildman–Crippen MR) is 199 cm³/mol. The van der Waals surface area contributed by atoms with Gasteiger partial charge in [0.25, 0.3) is 5.88 Å². The topological polar surface area (TPSA) is 232 Å². The van der Waals surface area contributed by atoms with Crippen molar-refractivity contribution >= 4 is 62.8 Å². The molecule has 1 amide bonds. The number of carbonyl (C=O) groups is 4. The Hall–Kier alpha value is -4.18. The molecule has 4 rings (SSSR count). The van der Waals surface area contributed by atoms with E-state index in [0.29, 0.717) is 55.7 Å². The minimum atomic E-state index is -4.26. The summed E-state index contributed by atoms with van der Waals surface area (Å²) in [7, 11) is -2.95. The first-order valence-corrected chi connectivity index (χ1v) is 19.8. The van der Waals surface area contributed by atoms with Gasteiger partial charge in [0.2, 0.25) is 21.7 Å². The molecule has 3 heterocycles. The number of carbonyl (C=O) groups excluding carboxylic acids is 4. The molecule has 18 nitrogen and oxygen atoms in total. The molecule has 0 aliphatic carbocycles. The number of hydrogen-bond acceptors (Lipinski definition) is 17. The highest BCUT2D eigenvalue weighted by Gasteiger charge is 2.25. The average molecular weight is 829 g/mol. The Kier molecular flexibility index (Phi) is 15.9. The van der Waals surface area contributed by atoms with Gasteiger partial charge in [-0.25, -0.2) is 18.4 Å².